The fourth-order valence-corrected chi connectivity index (χ4v) is 2.51. The van der Waals surface area contributed by atoms with Crippen molar-refractivity contribution in [2.24, 2.45) is 5.92 Å². The van der Waals surface area contributed by atoms with Gasteiger partial charge < -0.3 is 9.84 Å². The lowest BCUT2D eigenvalue weighted by molar-refractivity contribution is -0.208. The van der Waals surface area contributed by atoms with Crippen LogP contribution in [0.5, 0.6) is 0 Å². The molecule has 0 bridgehead atoms. The Morgan fingerprint density at radius 1 is 1.39 bits per heavy atom. The highest BCUT2D eigenvalue weighted by Crippen LogP contribution is 2.21. The molecule has 0 amide bonds. The Hall–Kier alpha value is -1.26. The van der Waals surface area contributed by atoms with E-state index < -0.39 is 18.8 Å². The molecule has 23 heavy (non-hydrogen) atoms. The van der Waals surface area contributed by atoms with Crippen LogP contribution < -0.4 is 0 Å². The highest BCUT2D eigenvalue weighted by molar-refractivity contribution is 4.83. The third-order valence-electron chi connectivity index (χ3n) is 4.00. The van der Waals surface area contributed by atoms with Crippen LogP contribution >= 0.6 is 0 Å². The maximum atomic E-state index is 12.5. The summed E-state index contributed by atoms with van der Waals surface area (Å²) in [6, 6.07) is 0. The van der Waals surface area contributed by atoms with Crippen molar-refractivity contribution in [2.45, 2.75) is 45.1 Å². The molecule has 1 aliphatic heterocycles. The van der Waals surface area contributed by atoms with Gasteiger partial charge >= 0.3 is 6.18 Å². The maximum absolute atomic E-state index is 12.5. The summed E-state index contributed by atoms with van der Waals surface area (Å²) in [7, 11) is 0. The Morgan fingerprint density at radius 2 is 2.09 bits per heavy atom. The predicted molar refractivity (Wildman–Crippen MR) is 74.4 cm³/mol. The Balaban J connectivity index is 1.94. The predicted octanol–water partition coefficient (Wildman–Crippen LogP) is 0.845. The van der Waals surface area contributed by atoms with Crippen molar-refractivity contribution in [2.75, 3.05) is 26.3 Å². The zero-order valence-electron chi connectivity index (χ0n) is 13.0. The minimum Gasteiger partial charge on any atom is -0.382 e. The molecule has 1 aromatic heterocycles. The van der Waals surface area contributed by atoms with Crippen LogP contribution in [0.2, 0.25) is 0 Å². The van der Waals surface area contributed by atoms with E-state index >= 15 is 0 Å². The molecule has 7 nitrogen and oxygen atoms in total. The number of alkyl halides is 3. The molecule has 1 aromatic rings. The molecule has 132 valence electrons. The van der Waals surface area contributed by atoms with Gasteiger partial charge in [-0.1, -0.05) is 6.92 Å². The molecule has 0 aromatic carbocycles. The largest absolute Gasteiger partial charge is 0.415 e. The van der Waals surface area contributed by atoms with Crippen LogP contribution in [-0.2, 0) is 17.8 Å². The molecule has 1 aliphatic rings. The Labute approximate surface area is 132 Å². The smallest absolute Gasteiger partial charge is 0.382 e. The summed E-state index contributed by atoms with van der Waals surface area (Å²) in [5.74, 6) is 0.912. The SMILES string of the molecule is CCN(Cc1nnnn1CC1CCOCC1)CC(O)C(F)(F)F. The highest BCUT2D eigenvalue weighted by atomic mass is 19.4. The molecule has 0 aliphatic carbocycles. The van der Waals surface area contributed by atoms with Crippen molar-refractivity contribution in [3.8, 4) is 0 Å². The van der Waals surface area contributed by atoms with Gasteiger partial charge in [0.2, 0.25) is 0 Å². The highest BCUT2D eigenvalue weighted by Gasteiger charge is 2.39. The van der Waals surface area contributed by atoms with E-state index in [1.807, 2.05) is 0 Å². The first-order chi connectivity index (χ1) is 10.9. The van der Waals surface area contributed by atoms with Gasteiger partial charge in [0.25, 0.3) is 0 Å². The first-order valence-corrected chi connectivity index (χ1v) is 7.70. The van der Waals surface area contributed by atoms with Gasteiger partial charge in [0.05, 0.1) is 6.54 Å². The van der Waals surface area contributed by atoms with Crippen molar-refractivity contribution < 1.29 is 23.0 Å². The van der Waals surface area contributed by atoms with E-state index in [0.29, 0.717) is 38.0 Å². The Morgan fingerprint density at radius 3 is 2.70 bits per heavy atom. The zero-order chi connectivity index (χ0) is 16.9. The van der Waals surface area contributed by atoms with Crippen LogP contribution in [0.1, 0.15) is 25.6 Å². The molecular weight excluding hydrogens is 315 g/mol. The third-order valence-corrected chi connectivity index (χ3v) is 4.00. The number of nitrogens with zero attached hydrogens (tertiary/aromatic N) is 5. The lowest BCUT2D eigenvalue weighted by Gasteiger charge is -2.25. The number of aromatic nitrogens is 4. The molecule has 0 spiro atoms. The molecule has 1 fully saturated rings. The van der Waals surface area contributed by atoms with E-state index in [-0.39, 0.29) is 6.54 Å². The van der Waals surface area contributed by atoms with Crippen LogP contribution in [0.15, 0.2) is 0 Å². The van der Waals surface area contributed by atoms with Crippen molar-refractivity contribution >= 4 is 0 Å². The average molecular weight is 337 g/mol. The second-order valence-corrected chi connectivity index (χ2v) is 5.72. The topological polar surface area (TPSA) is 76.3 Å². The van der Waals surface area contributed by atoms with Crippen molar-refractivity contribution in [1.82, 2.24) is 25.1 Å². The minimum atomic E-state index is -4.62. The van der Waals surface area contributed by atoms with Gasteiger partial charge in [-0.3, -0.25) is 4.90 Å². The fraction of sp³-hybridized carbons (Fsp3) is 0.923. The normalized spacial score (nSPS) is 18.5. The van der Waals surface area contributed by atoms with Crippen LogP contribution in [0.3, 0.4) is 0 Å². The first-order valence-electron chi connectivity index (χ1n) is 7.70. The minimum absolute atomic E-state index is 0.167. The van der Waals surface area contributed by atoms with Gasteiger partial charge in [-0.05, 0) is 35.7 Å². The Kier molecular flexibility index (Phi) is 6.31. The lowest BCUT2D eigenvalue weighted by atomic mass is 10.0. The van der Waals surface area contributed by atoms with E-state index in [4.69, 9.17) is 4.74 Å². The second-order valence-electron chi connectivity index (χ2n) is 5.72. The van der Waals surface area contributed by atoms with Crippen LogP contribution in [-0.4, -0.2) is 68.8 Å². The summed E-state index contributed by atoms with van der Waals surface area (Å²) < 4.78 is 44.4. The van der Waals surface area contributed by atoms with Crippen LogP contribution in [0.4, 0.5) is 13.2 Å². The number of likely N-dealkylation sites (N-methyl/N-ethyl adjacent to an activating group) is 1. The van der Waals surface area contributed by atoms with Gasteiger partial charge in [0.15, 0.2) is 11.9 Å². The summed E-state index contributed by atoms with van der Waals surface area (Å²) >= 11 is 0. The zero-order valence-corrected chi connectivity index (χ0v) is 13.0. The first kappa shape index (κ1) is 18.1. The quantitative estimate of drug-likeness (QED) is 0.795. The summed E-state index contributed by atoms with van der Waals surface area (Å²) in [4.78, 5) is 1.48. The fourth-order valence-electron chi connectivity index (χ4n) is 2.51. The van der Waals surface area contributed by atoms with E-state index in [2.05, 4.69) is 15.5 Å². The Bertz CT molecular complexity index is 476. The number of ether oxygens (including phenoxy) is 1. The molecule has 2 heterocycles. The molecule has 10 heteroatoms. The van der Waals surface area contributed by atoms with E-state index in [1.54, 1.807) is 11.6 Å². The summed E-state index contributed by atoms with van der Waals surface area (Å²) in [5, 5.41) is 20.7. The lowest BCUT2D eigenvalue weighted by Crippen LogP contribution is -2.41. The van der Waals surface area contributed by atoms with Crippen molar-refractivity contribution in [3.63, 3.8) is 0 Å². The standard InChI is InChI=1S/C13H22F3N5O2/c1-2-20(8-11(22)13(14,15)16)9-12-17-18-19-21(12)7-10-3-5-23-6-4-10/h10-11,22H,2-9H2,1H3. The van der Waals surface area contributed by atoms with Crippen molar-refractivity contribution in [3.05, 3.63) is 5.82 Å². The number of aliphatic hydroxyl groups is 1. The molecule has 0 radical (unpaired) electrons. The summed E-state index contributed by atoms with van der Waals surface area (Å²) in [6.45, 7) is 3.81. The number of tetrazole rings is 1. The number of hydrogen-bond acceptors (Lipinski definition) is 6. The van der Waals surface area contributed by atoms with Gasteiger partial charge in [-0.15, -0.1) is 5.10 Å². The second kappa shape index (κ2) is 8.02. The number of aliphatic hydroxyl groups excluding tert-OH is 1. The van der Waals surface area contributed by atoms with Gasteiger partial charge in [-0.25, -0.2) is 4.68 Å². The van der Waals surface area contributed by atoms with Crippen molar-refractivity contribution in [1.29, 1.82) is 0 Å². The van der Waals surface area contributed by atoms with Gasteiger partial charge in [0.1, 0.15) is 0 Å². The molecule has 0 saturated carbocycles. The number of rotatable bonds is 7. The summed E-state index contributed by atoms with van der Waals surface area (Å²) in [6.07, 6.45) is -5.16. The van der Waals surface area contributed by atoms with Gasteiger partial charge in [0, 0.05) is 26.3 Å². The monoisotopic (exact) mass is 337 g/mol. The number of halogens is 3. The number of hydrogen-bond donors (Lipinski definition) is 1. The third kappa shape index (κ3) is 5.40. The van der Waals surface area contributed by atoms with Crippen LogP contribution in [0, 0.1) is 5.92 Å². The molecule has 1 N–H and O–H groups in total. The maximum Gasteiger partial charge on any atom is 0.415 e. The van der Waals surface area contributed by atoms with E-state index in [1.165, 1.54) is 4.90 Å². The van der Waals surface area contributed by atoms with Gasteiger partial charge in [-0.2, -0.15) is 13.2 Å². The molecule has 1 unspecified atom stereocenters. The van der Waals surface area contributed by atoms with E-state index in [9.17, 15) is 18.3 Å². The van der Waals surface area contributed by atoms with Crippen LogP contribution in [0.25, 0.3) is 0 Å². The average Bonchev–Trinajstić information content (AvgIpc) is 2.93. The van der Waals surface area contributed by atoms with E-state index in [0.717, 1.165) is 12.8 Å². The summed E-state index contributed by atoms with van der Waals surface area (Å²) in [5.41, 5.74) is 0. The molecular formula is C13H22F3N5O2. The molecule has 2 rings (SSSR count). The molecule has 1 atom stereocenters. The molecule has 1 saturated heterocycles.